The molecule has 86 valence electrons. The smallest absolute Gasteiger partial charge is 0.0314 e. The maximum absolute atomic E-state index is 3.60. The van der Waals surface area contributed by atoms with Crippen LogP contribution in [0.1, 0.15) is 23.1 Å². The lowest BCUT2D eigenvalue weighted by atomic mass is 10.2. The summed E-state index contributed by atoms with van der Waals surface area (Å²) in [4.78, 5) is 2.78. The minimum Gasteiger partial charge on any atom is -0.308 e. The lowest BCUT2D eigenvalue weighted by molar-refractivity contribution is 0.544. The Hall–Kier alpha value is 0.490. The molecule has 4 heteroatoms. The number of rotatable bonds is 6. The van der Waals surface area contributed by atoms with Gasteiger partial charge in [0.2, 0.25) is 0 Å². The summed E-state index contributed by atoms with van der Waals surface area (Å²) in [7, 11) is 0. The molecule has 0 aliphatic carbocycles. The van der Waals surface area contributed by atoms with Gasteiger partial charge in [-0.2, -0.15) is 11.8 Å². The second-order valence-electron chi connectivity index (χ2n) is 3.56. The summed E-state index contributed by atoms with van der Waals surface area (Å²) >= 11 is 7.33. The minimum atomic E-state index is 0.640. The van der Waals surface area contributed by atoms with E-state index in [-0.39, 0.29) is 0 Å². The lowest BCUT2D eigenvalue weighted by Gasteiger charge is -2.14. The number of hydrogen-bond acceptors (Lipinski definition) is 3. The highest BCUT2D eigenvalue weighted by Gasteiger charge is 2.07. The van der Waals surface area contributed by atoms with E-state index in [1.54, 1.807) is 0 Å². The van der Waals surface area contributed by atoms with Gasteiger partial charge >= 0.3 is 0 Å². The Morgan fingerprint density at radius 1 is 1.60 bits per heavy atom. The van der Waals surface area contributed by atoms with E-state index in [9.17, 15) is 0 Å². The number of halogens is 1. The Morgan fingerprint density at radius 2 is 2.33 bits per heavy atom. The van der Waals surface area contributed by atoms with Crippen molar-refractivity contribution in [2.24, 2.45) is 0 Å². The fourth-order valence-corrected chi connectivity index (χ4v) is 3.68. The molecule has 1 N–H and O–H groups in total. The van der Waals surface area contributed by atoms with Gasteiger partial charge in [-0.25, -0.2) is 0 Å². The third-order valence-corrected chi connectivity index (χ3v) is 5.21. The third-order valence-electron chi connectivity index (χ3n) is 2.33. The normalized spacial score (nSPS) is 13.1. The van der Waals surface area contributed by atoms with Gasteiger partial charge < -0.3 is 5.32 Å². The summed E-state index contributed by atoms with van der Waals surface area (Å²) in [5.74, 6) is 1.20. The number of thiophene rings is 1. The van der Waals surface area contributed by atoms with Gasteiger partial charge in [-0.3, -0.25) is 0 Å². The van der Waals surface area contributed by atoms with Gasteiger partial charge in [-0.1, -0.05) is 6.92 Å². The van der Waals surface area contributed by atoms with E-state index < -0.39 is 0 Å². The summed E-state index contributed by atoms with van der Waals surface area (Å²) in [5.41, 5.74) is 0. The molecule has 0 spiro atoms. The zero-order chi connectivity index (χ0) is 11.3. The van der Waals surface area contributed by atoms with Crippen LogP contribution in [0.4, 0.5) is 0 Å². The molecular formula is C11H18BrNS2. The van der Waals surface area contributed by atoms with Gasteiger partial charge in [0.05, 0.1) is 0 Å². The Kier molecular flexibility index (Phi) is 6.27. The fraction of sp³-hybridized carbons (Fsp3) is 0.636. The average molecular weight is 308 g/mol. The molecule has 1 nitrogen and oxygen atoms in total. The minimum absolute atomic E-state index is 0.640. The zero-order valence-electron chi connectivity index (χ0n) is 9.47. The van der Waals surface area contributed by atoms with E-state index >= 15 is 0 Å². The van der Waals surface area contributed by atoms with E-state index in [0.717, 1.165) is 6.54 Å². The average Bonchev–Trinajstić information content (AvgIpc) is 2.53. The molecular weight excluding hydrogens is 290 g/mol. The van der Waals surface area contributed by atoms with Crippen molar-refractivity contribution in [2.45, 2.75) is 32.9 Å². The van der Waals surface area contributed by atoms with E-state index in [4.69, 9.17) is 0 Å². The van der Waals surface area contributed by atoms with Crippen LogP contribution < -0.4 is 5.32 Å². The van der Waals surface area contributed by atoms with Crippen molar-refractivity contribution in [2.75, 3.05) is 12.0 Å². The number of aryl methyl sites for hydroxylation is 1. The molecule has 1 atom stereocenters. The SMILES string of the molecule is CCC(CSC)NCc1cc(Br)c(C)s1. The highest BCUT2D eigenvalue weighted by molar-refractivity contribution is 9.10. The first-order valence-corrected chi connectivity index (χ1v) is 8.14. The predicted molar refractivity (Wildman–Crippen MR) is 76.1 cm³/mol. The van der Waals surface area contributed by atoms with E-state index in [2.05, 4.69) is 47.4 Å². The summed E-state index contributed by atoms with van der Waals surface area (Å²) < 4.78 is 1.24. The van der Waals surface area contributed by atoms with Crippen molar-refractivity contribution in [1.29, 1.82) is 0 Å². The first-order valence-electron chi connectivity index (χ1n) is 5.14. The van der Waals surface area contributed by atoms with Crippen LogP contribution in [0.15, 0.2) is 10.5 Å². The maximum atomic E-state index is 3.60. The van der Waals surface area contributed by atoms with Gasteiger partial charge in [0.15, 0.2) is 0 Å². The molecule has 1 rings (SSSR count). The second-order valence-corrected chi connectivity index (χ2v) is 6.66. The molecule has 1 aromatic heterocycles. The summed E-state index contributed by atoms with van der Waals surface area (Å²) in [6.07, 6.45) is 3.36. The van der Waals surface area contributed by atoms with Crippen LogP contribution in [0, 0.1) is 6.92 Å². The lowest BCUT2D eigenvalue weighted by Crippen LogP contribution is -2.29. The molecule has 0 bridgehead atoms. The third kappa shape index (κ3) is 4.47. The molecule has 0 saturated heterocycles. The predicted octanol–water partition coefficient (Wildman–Crippen LogP) is 4.05. The number of thioether (sulfide) groups is 1. The van der Waals surface area contributed by atoms with Crippen LogP contribution in [0.3, 0.4) is 0 Å². The van der Waals surface area contributed by atoms with Crippen molar-refractivity contribution < 1.29 is 0 Å². The monoisotopic (exact) mass is 307 g/mol. The highest BCUT2D eigenvalue weighted by atomic mass is 79.9. The maximum Gasteiger partial charge on any atom is 0.0314 e. The van der Waals surface area contributed by atoms with Crippen molar-refractivity contribution in [1.82, 2.24) is 5.32 Å². The van der Waals surface area contributed by atoms with Crippen molar-refractivity contribution in [3.8, 4) is 0 Å². The summed E-state index contributed by atoms with van der Waals surface area (Å²) in [6.45, 7) is 5.39. The number of nitrogens with one attached hydrogen (secondary N) is 1. The molecule has 0 radical (unpaired) electrons. The summed E-state index contributed by atoms with van der Waals surface area (Å²) in [6, 6.07) is 2.86. The van der Waals surface area contributed by atoms with Crippen molar-refractivity contribution >= 4 is 39.0 Å². The molecule has 0 aliphatic rings. The molecule has 1 heterocycles. The van der Waals surface area contributed by atoms with Crippen molar-refractivity contribution in [3.63, 3.8) is 0 Å². The van der Waals surface area contributed by atoms with Crippen LogP contribution in [0.5, 0.6) is 0 Å². The molecule has 15 heavy (non-hydrogen) atoms. The van der Waals surface area contributed by atoms with Crippen molar-refractivity contribution in [3.05, 3.63) is 20.3 Å². The topological polar surface area (TPSA) is 12.0 Å². The Balaban J connectivity index is 2.41. The first kappa shape index (κ1) is 13.6. The van der Waals surface area contributed by atoms with E-state index in [0.29, 0.717) is 6.04 Å². The Labute approximate surface area is 109 Å². The van der Waals surface area contributed by atoms with Gasteiger partial charge in [-0.05, 0) is 41.6 Å². The van der Waals surface area contributed by atoms with Crippen LogP contribution in [-0.4, -0.2) is 18.1 Å². The van der Waals surface area contributed by atoms with Gasteiger partial charge in [0.1, 0.15) is 0 Å². The first-order chi connectivity index (χ1) is 7.17. The van der Waals surface area contributed by atoms with Gasteiger partial charge in [-0.15, -0.1) is 11.3 Å². The fourth-order valence-electron chi connectivity index (χ4n) is 1.37. The van der Waals surface area contributed by atoms with E-state index in [1.165, 1.54) is 26.4 Å². The van der Waals surface area contributed by atoms with Crippen LogP contribution >= 0.6 is 39.0 Å². The van der Waals surface area contributed by atoms with Gasteiger partial charge in [0.25, 0.3) is 0 Å². The molecule has 0 fully saturated rings. The van der Waals surface area contributed by atoms with Gasteiger partial charge in [0, 0.05) is 32.6 Å². The number of hydrogen-bond donors (Lipinski definition) is 1. The molecule has 1 aromatic rings. The Bertz CT molecular complexity index is 279. The standard InChI is InChI=1S/C11H18BrNS2/c1-4-9(7-14-3)13-6-10-5-11(12)8(2)15-10/h5,9,13H,4,6-7H2,1-3H3. The molecule has 0 amide bonds. The molecule has 0 aliphatic heterocycles. The highest BCUT2D eigenvalue weighted by Crippen LogP contribution is 2.26. The quantitative estimate of drug-likeness (QED) is 0.851. The summed E-state index contributed by atoms with van der Waals surface area (Å²) in [5, 5.41) is 3.60. The zero-order valence-corrected chi connectivity index (χ0v) is 12.7. The Morgan fingerprint density at radius 3 is 2.80 bits per heavy atom. The van der Waals surface area contributed by atoms with E-state index in [1.807, 2.05) is 23.1 Å². The van der Waals surface area contributed by atoms with Crippen LogP contribution in [-0.2, 0) is 6.54 Å². The second kappa shape index (κ2) is 6.94. The van der Waals surface area contributed by atoms with Crippen LogP contribution in [0.2, 0.25) is 0 Å². The van der Waals surface area contributed by atoms with Crippen LogP contribution in [0.25, 0.3) is 0 Å². The largest absolute Gasteiger partial charge is 0.308 e. The molecule has 0 saturated carbocycles. The molecule has 0 aromatic carbocycles. The molecule has 1 unspecified atom stereocenters.